The summed E-state index contributed by atoms with van der Waals surface area (Å²) in [4.78, 5) is 17.5. The number of nitrogens with one attached hydrogen (secondary N) is 1. The highest BCUT2D eigenvalue weighted by Gasteiger charge is 2.18. The summed E-state index contributed by atoms with van der Waals surface area (Å²) in [5.74, 6) is 0.460. The monoisotopic (exact) mass is 368 g/mol. The van der Waals surface area contributed by atoms with Crippen LogP contribution in [0.4, 0.5) is 5.82 Å². The maximum absolute atomic E-state index is 12.8. The van der Waals surface area contributed by atoms with Crippen molar-refractivity contribution in [2.45, 2.75) is 6.42 Å². The molecule has 0 aliphatic rings. The second-order valence-corrected chi connectivity index (χ2v) is 6.45. The van der Waals surface area contributed by atoms with E-state index in [9.17, 15) is 4.79 Å². The Hall–Kier alpha value is -3.93. The van der Waals surface area contributed by atoms with Gasteiger partial charge >= 0.3 is 0 Å². The van der Waals surface area contributed by atoms with E-state index in [1.54, 1.807) is 0 Å². The van der Waals surface area contributed by atoms with E-state index in [-0.39, 0.29) is 12.3 Å². The number of hydrogen-bond acceptors (Lipinski definition) is 4. The van der Waals surface area contributed by atoms with Crippen molar-refractivity contribution >= 4 is 28.3 Å². The van der Waals surface area contributed by atoms with Crippen LogP contribution in [-0.4, -0.2) is 20.4 Å². The van der Waals surface area contributed by atoms with Crippen molar-refractivity contribution in [1.82, 2.24) is 14.5 Å². The first-order valence-corrected chi connectivity index (χ1v) is 8.95. The molecule has 2 aromatic carbocycles. The van der Waals surface area contributed by atoms with Crippen molar-refractivity contribution in [3.05, 3.63) is 84.7 Å². The number of hydrogen-bond donors (Lipinski definition) is 1. The Morgan fingerprint density at radius 2 is 1.75 bits per heavy atom. The summed E-state index contributed by atoms with van der Waals surface area (Å²) in [5, 5.41) is 7.91. The Morgan fingerprint density at radius 1 is 0.964 bits per heavy atom. The van der Waals surface area contributed by atoms with Gasteiger partial charge in [0, 0.05) is 17.1 Å². The van der Waals surface area contributed by atoms with E-state index in [2.05, 4.69) is 10.5 Å². The summed E-state index contributed by atoms with van der Waals surface area (Å²) in [5.41, 5.74) is 3.72. The lowest BCUT2D eigenvalue weighted by atomic mass is 10.1. The highest BCUT2D eigenvalue weighted by Crippen LogP contribution is 2.29. The third-order valence-electron chi connectivity index (χ3n) is 4.62. The van der Waals surface area contributed by atoms with Gasteiger partial charge in [-0.3, -0.25) is 9.20 Å². The number of anilines is 1. The molecular weight excluding hydrogens is 352 g/mol. The Kier molecular flexibility index (Phi) is 3.87. The SMILES string of the molecule is O=C(Cc1noc2ccccc12)Nc1c(-c2ccccc2)nc2ccccn12. The molecule has 136 valence electrons. The average Bonchev–Trinajstić information content (AvgIpc) is 3.31. The highest BCUT2D eigenvalue weighted by molar-refractivity contribution is 5.97. The minimum Gasteiger partial charge on any atom is -0.356 e. The normalized spacial score (nSPS) is 11.1. The summed E-state index contributed by atoms with van der Waals surface area (Å²) >= 11 is 0. The number of amides is 1. The van der Waals surface area contributed by atoms with E-state index >= 15 is 0 Å². The molecule has 0 aliphatic carbocycles. The van der Waals surface area contributed by atoms with Crippen LogP contribution in [0, 0.1) is 0 Å². The van der Waals surface area contributed by atoms with Crippen molar-refractivity contribution in [2.75, 3.05) is 5.32 Å². The van der Waals surface area contributed by atoms with E-state index < -0.39 is 0 Å². The minimum absolute atomic E-state index is 0.116. The second kappa shape index (κ2) is 6.66. The molecule has 0 atom stereocenters. The number of imidazole rings is 1. The number of pyridine rings is 1. The standard InChI is InChI=1S/C22H16N4O2/c27-20(14-17-16-10-4-5-11-18(16)28-25-17)24-22-21(15-8-2-1-3-9-15)23-19-12-6-7-13-26(19)22/h1-13H,14H2,(H,24,27). The van der Waals surface area contributed by atoms with Crippen molar-refractivity contribution < 1.29 is 9.32 Å². The molecular formula is C22H16N4O2. The molecule has 5 rings (SSSR count). The van der Waals surface area contributed by atoms with Gasteiger partial charge in [-0.15, -0.1) is 0 Å². The summed E-state index contributed by atoms with van der Waals surface area (Å²) in [6, 6.07) is 23.1. The molecule has 28 heavy (non-hydrogen) atoms. The third kappa shape index (κ3) is 2.81. The molecule has 1 amide bonds. The summed E-state index contributed by atoms with van der Waals surface area (Å²) in [7, 11) is 0. The van der Waals surface area contributed by atoms with Crippen LogP contribution in [0.5, 0.6) is 0 Å². The Balaban J connectivity index is 1.51. The zero-order valence-electron chi connectivity index (χ0n) is 14.9. The molecule has 0 aliphatic heterocycles. The van der Waals surface area contributed by atoms with Crippen LogP contribution < -0.4 is 5.32 Å². The van der Waals surface area contributed by atoms with Crippen molar-refractivity contribution in [1.29, 1.82) is 0 Å². The van der Waals surface area contributed by atoms with E-state index in [0.717, 1.165) is 22.3 Å². The Bertz CT molecular complexity index is 1290. The predicted molar refractivity (Wildman–Crippen MR) is 107 cm³/mol. The van der Waals surface area contributed by atoms with Crippen LogP contribution in [0.15, 0.2) is 83.5 Å². The van der Waals surface area contributed by atoms with Gasteiger partial charge in [0.1, 0.15) is 22.9 Å². The third-order valence-corrected chi connectivity index (χ3v) is 4.62. The van der Waals surface area contributed by atoms with E-state index in [0.29, 0.717) is 17.1 Å². The highest BCUT2D eigenvalue weighted by atomic mass is 16.5. The van der Waals surface area contributed by atoms with Crippen molar-refractivity contribution in [3.63, 3.8) is 0 Å². The number of aromatic nitrogens is 3. The molecule has 0 fully saturated rings. The lowest BCUT2D eigenvalue weighted by Gasteiger charge is -2.07. The number of nitrogens with zero attached hydrogens (tertiary/aromatic N) is 3. The lowest BCUT2D eigenvalue weighted by molar-refractivity contribution is -0.115. The van der Waals surface area contributed by atoms with Gasteiger partial charge < -0.3 is 9.84 Å². The van der Waals surface area contributed by atoms with Crippen molar-refractivity contribution in [2.24, 2.45) is 0 Å². The number of fused-ring (bicyclic) bond motifs is 2. The molecule has 0 bridgehead atoms. The lowest BCUT2D eigenvalue weighted by Crippen LogP contribution is -2.16. The quantitative estimate of drug-likeness (QED) is 0.513. The zero-order valence-corrected chi connectivity index (χ0v) is 14.9. The Morgan fingerprint density at radius 3 is 2.64 bits per heavy atom. The number of para-hydroxylation sites is 1. The molecule has 0 saturated heterocycles. The van der Waals surface area contributed by atoms with E-state index in [4.69, 9.17) is 9.51 Å². The molecule has 6 heteroatoms. The van der Waals surface area contributed by atoms with E-state index in [1.165, 1.54) is 0 Å². The first-order valence-electron chi connectivity index (χ1n) is 8.95. The van der Waals surface area contributed by atoms with Gasteiger partial charge in [0.15, 0.2) is 5.58 Å². The largest absolute Gasteiger partial charge is 0.356 e. The van der Waals surface area contributed by atoms with Crippen molar-refractivity contribution in [3.8, 4) is 11.3 Å². The fourth-order valence-electron chi connectivity index (χ4n) is 3.31. The van der Waals surface area contributed by atoms with Crippen LogP contribution in [0.3, 0.4) is 0 Å². The first-order chi connectivity index (χ1) is 13.8. The zero-order chi connectivity index (χ0) is 18.9. The molecule has 3 aromatic heterocycles. The smallest absolute Gasteiger partial charge is 0.231 e. The van der Waals surface area contributed by atoms with Crippen LogP contribution in [0.2, 0.25) is 0 Å². The van der Waals surface area contributed by atoms with Gasteiger partial charge in [-0.05, 0) is 24.3 Å². The molecule has 3 heterocycles. The number of rotatable bonds is 4. The predicted octanol–water partition coefficient (Wildman–Crippen LogP) is 4.32. The first kappa shape index (κ1) is 16.3. The summed E-state index contributed by atoms with van der Waals surface area (Å²) in [6.45, 7) is 0. The molecule has 6 nitrogen and oxygen atoms in total. The van der Waals surface area contributed by atoms with Gasteiger partial charge in [0.25, 0.3) is 0 Å². The van der Waals surface area contributed by atoms with Gasteiger partial charge in [-0.1, -0.05) is 53.7 Å². The molecule has 0 saturated carbocycles. The Labute approximate surface area is 160 Å². The molecule has 0 unspecified atom stereocenters. The van der Waals surface area contributed by atoms with Crippen LogP contribution in [-0.2, 0) is 11.2 Å². The second-order valence-electron chi connectivity index (χ2n) is 6.45. The fraction of sp³-hybridized carbons (Fsp3) is 0.0455. The summed E-state index contributed by atoms with van der Waals surface area (Å²) < 4.78 is 7.18. The van der Waals surface area contributed by atoms with Crippen LogP contribution in [0.1, 0.15) is 5.69 Å². The van der Waals surface area contributed by atoms with Gasteiger partial charge in [0.05, 0.1) is 6.42 Å². The molecule has 0 radical (unpaired) electrons. The van der Waals surface area contributed by atoms with Crippen LogP contribution in [0.25, 0.3) is 27.9 Å². The van der Waals surface area contributed by atoms with Gasteiger partial charge in [-0.25, -0.2) is 4.98 Å². The molecule has 5 aromatic rings. The minimum atomic E-state index is -0.179. The van der Waals surface area contributed by atoms with Gasteiger partial charge in [-0.2, -0.15) is 0 Å². The van der Waals surface area contributed by atoms with Gasteiger partial charge in [0.2, 0.25) is 5.91 Å². The number of carbonyl (C=O) groups excluding carboxylic acids is 1. The topological polar surface area (TPSA) is 72.4 Å². The number of carbonyl (C=O) groups is 1. The maximum Gasteiger partial charge on any atom is 0.231 e. The molecule has 1 N–H and O–H groups in total. The van der Waals surface area contributed by atoms with Crippen LogP contribution >= 0.6 is 0 Å². The van der Waals surface area contributed by atoms with E-state index in [1.807, 2.05) is 83.4 Å². The number of benzene rings is 2. The average molecular weight is 368 g/mol. The maximum atomic E-state index is 12.8. The fourth-order valence-corrected chi connectivity index (χ4v) is 3.31. The molecule has 0 spiro atoms. The summed E-state index contributed by atoms with van der Waals surface area (Å²) in [6.07, 6.45) is 2.00.